The smallest absolute Gasteiger partial charge is 0.339 e. The first kappa shape index (κ1) is 25.7. The van der Waals surface area contributed by atoms with E-state index in [4.69, 9.17) is 16.3 Å². The number of rotatable bonds is 6. The second-order valence-corrected chi connectivity index (χ2v) is 10.3. The Kier molecular flexibility index (Phi) is 7.96. The Morgan fingerprint density at radius 3 is 2.24 bits per heavy atom. The van der Waals surface area contributed by atoms with E-state index < -0.39 is 27.9 Å². The molecule has 1 aliphatic heterocycles. The van der Waals surface area contributed by atoms with E-state index in [1.54, 1.807) is 0 Å². The van der Waals surface area contributed by atoms with E-state index in [0.717, 1.165) is 12.8 Å². The van der Waals surface area contributed by atoms with Crippen molar-refractivity contribution in [2.45, 2.75) is 24.7 Å². The van der Waals surface area contributed by atoms with Crippen LogP contribution < -0.4 is 5.32 Å². The summed E-state index contributed by atoms with van der Waals surface area (Å²) in [6.45, 7) is 2.87. The summed E-state index contributed by atoms with van der Waals surface area (Å²) in [4.78, 5) is 37.1. The lowest BCUT2D eigenvalue weighted by atomic mass is 10.0. The van der Waals surface area contributed by atoms with Crippen molar-refractivity contribution >= 4 is 45.2 Å². The Morgan fingerprint density at radius 2 is 1.62 bits per heavy atom. The number of nitrogens with zero attached hydrogens (tertiary/aromatic N) is 1. The Balaban J connectivity index is 1.95. The lowest BCUT2D eigenvalue weighted by Gasteiger charge is -2.29. The molecule has 1 saturated heterocycles. The summed E-state index contributed by atoms with van der Waals surface area (Å²) in [7, 11) is -1.45. The summed E-state index contributed by atoms with van der Waals surface area (Å²) in [5.74, 6) is -1.73. The summed E-state index contributed by atoms with van der Waals surface area (Å²) in [5.41, 5.74) is -0.0421. The predicted molar refractivity (Wildman–Crippen MR) is 126 cm³/mol. The van der Waals surface area contributed by atoms with Gasteiger partial charge < -0.3 is 14.8 Å². The maximum Gasteiger partial charge on any atom is 0.339 e. The lowest BCUT2D eigenvalue weighted by Crippen LogP contribution is -2.37. The third kappa shape index (κ3) is 5.40. The van der Waals surface area contributed by atoms with E-state index >= 15 is 0 Å². The third-order valence-electron chi connectivity index (χ3n) is 5.66. The number of ether oxygens (including phenoxy) is 2. The van der Waals surface area contributed by atoms with Gasteiger partial charge in [0, 0.05) is 13.1 Å². The largest absolute Gasteiger partial charge is 0.465 e. The predicted octanol–water partition coefficient (Wildman–Crippen LogP) is 3.59. The van der Waals surface area contributed by atoms with Crippen molar-refractivity contribution in [2.75, 3.05) is 32.6 Å². The highest BCUT2D eigenvalue weighted by molar-refractivity contribution is 7.89. The molecular weight excluding hydrogens is 484 g/mol. The van der Waals surface area contributed by atoms with Crippen molar-refractivity contribution in [3.8, 4) is 0 Å². The topological polar surface area (TPSA) is 119 Å². The normalized spacial score (nSPS) is 14.9. The SMILES string of the molecule is COC(=O)c1ccc(C(=O)OC)c(NC(=O)c2cc(S(=O)(=O)N3CCC(C)CC3)ccc2Cl)c1. The third-order valence-corrected chi connectivity index (χ3v) is 7.88. The molecule has 1 N–H and O–H groups in total. The van der Waals surface area contributed by atoms with E-state index in [0.29, 0.717) is 19.0 Å². The Hall–Kier alpha value is -2.95. The molecule has 0 spiro atoms. The van der Waals surface area contributed by atoms with Crippen LogP contribution >= 0.6 is 11.6 Å². The number of nitrogens with one attached hydrogen (secondary N) is 1. The molecule has 0 unspecified atom stereocenters. The van der Waals surface area contributed by atoms with Gasteiger partial charge in [-0.1, -0.05) is 18.5 Å². The molecule has 2 aromatic carbocycles. The first-order valence-corrected chi connectivity index (χ1v) is 12.3. The highest BCUT2D eigenvalue weighted by Gasteiger charge is 2.29. The van der Waals surface area contributed by atoms with Gasteiger partial charge in [-0.3, -0.25) is 4.79 Å². The molecule has 0 atom stereocenters. The van der Waals surface area contributed by atoms with Gasteiger partial charge in [0.05, 0.1) is 46.5 Å². The van der Waals surface area contributed by atoms with Crippen molar-refractivity contribution < 1.29 is 32.3 Å². The number of carbonyl (C=O) groups excluding carboxylic acids is 3. The molecule has 182 valence electrons. The first-order valence-electron chi connectivity index (χ1n) is 10.5. The Bertz CT molecular complexity index is 1220. The number of methoxy groups -OCH3 is 2. The zero-order chi connectivity index (χ0) is 25.0. The van der Waals surface area contributed by atoms with Crippen LogP contribution in [0, 0.1) is 5.92 Å². The number of amides is 1. The number of hydrogen-bond acceptors (Lipinski definition) is 7. The maximum absolute atomic E-state index is 13.1. The van der Waals surface area contributed by atoms with Gasteiger partial charge in [0.15, 0.2) is 0 Å². The van der Waals surface area contributed by atoms with Crippen LogP contribution in [-0.4, -0.2) is 57.9 Å². The molecule has 0 radical (unpaired) electrons. The van der Waals surface area contributed by atoms with E-state index in [1.165, 1.54) is 54.9 Å². The standard InChI is InChI=1S/C23H25ClN2O7S/c1-14-8-10-26(11-9-14)34(30,31)16-5-7-19(24)18(13-16)21(27)25-20-12-15(22(28)32-2)4-6-17(20)23(29)33-3/h4-7,12-14H,8-11H2,1-3H3,(H,25,27). The highest BCUT2D eigenvalue weighted by atomic mass is 35.5. The lowest BCUT2D eigenvalue weighted by molar-refractivity contribution is 0.0587. The second-order valence-electron chi connectivity index (χ2n) is 7.93. The van der Waals surface area contributed by atoms with Crippen LogP contribution in [0.3, 0.4) is 0 Å². The van der Waals surface area contributed by atoms with Crippen LogP contribution in [0.2, 0.25) is 5.02 Å². The number of anilines is 1. The van der Waals surface area contributed by atoms with Crippen LogP contribution in [0.15, 0.2) is 41.3 Å². The van der Waals surface area contributed by atoms with Crippen LogP contribution in [0.5, 0.6) is 0 Å². The van der Waals surface area contributed by atoms with Crippen molar-refractivity contribution in [3.05, 3.63) is 58.1 Å². The molecule has 0 aromatic heterocycles. The molecule has 0 saturated carbocycles. The minimum Gasteiger partial charge on any atom is -0.465 e. The molecular formula is C23H25ClN2O7S. The minimum absolute atomic E-state index is 0.00848. The van der Waals surface area contributed by atoms with Gasteiger partial charge >= 0.3 is 11.9 Å². The average molecular weight is 509 g/mol. The summed E-state index contributed by atoms with van der Waals surface area (Å²) in [6, 6.07) is 7.82. The van der Waals surface area contributed by atoms with E-state index in [1.807, 2.05) is 0 Å². The van der Waals surface area contributed by atoms with Crippen LogP contribution in [0.4, 0.5) is 5.69 Å². The van der Waals surface area contributed by atoms with Gasteiger partial charge in [0.1, 0.15) is 0 Å². The molecule has 0 bridgehead atoms. The molecule has 11 heteroatoms. The summed E-state index contributed by atoms with van der Waals surface area (Å²) < 4.78 is 37.0. The van der Waals surface area contributed by atoms with Crippen LogP contribution in [0.25, 0.3) is 0 Å². The van der Waals surface area contributed by atoms with Gasteiger partial charge in [0.2, 0.25) is 10.0 Å². The fourth-order valence-electron chi connectivity index (χ4n) is 3.58. The molecule has 1 fully saturated rings. The summed E-state index contributed by atoms with van der Waals surface area (Å²) in [5, 5.41) is 2.55. The monoisotopic (exact) mass is 508 g/mol. The van der Waals surface area contributed by atoms with Gasteiger partial charge in [-0.2, -0.15) is 4.31 Å². The maximum atomic E-state index is 13.1. The van der Waals surface area contributed by atoms with Crippen molar-refractivity contribution in [1.29, 1.82) is 0 Å². The van der Waals surface area contributed by atoms with Gasteiger partial charge in [0.25, 0.3) is 5.91 Å². The van der Waals surface area contributed by atoms with Crippen LogP contribution in [-0.2, 0) is 19.5 Å². The second kappa shape index (κ2) is 10.5. The van der Waals surface area contributed by atoms with E-state index in [-0.39, 0.29) is 32.3 Å². The first-order chi connectivity index (χ1) is 16.1. The molecule has 9 nitrogen and oxygen atoms in total. The number of esters is 2. The number of halogens is 1. The molecule has 3 rings (SSSR count). The van der Waals surface area contributed by atoms with E-state index in [2.05, 4.69) is 17.0 Å². The molecule has 1 heterocycles. The Morgan fingerprint density at radius 1 is 0.971 bits per heavy atom. The molecule has 1 aliphatic rings. The zero-order valence-electron chi connectivity index (χ0n) is 19.0. The quantitative estimate of drug-likeness (QED) is 0.592. The number of sulfonamides is 1. The van der Waals surface area contributed by atoms with Crippen molar-refractivity contribution in [2.24, 2.45) is 5.92 Å². The van der Waals surface area contributed by atoms with Crippen molar-refractivity contribution in [1.82, 2.24) is 4.31 Å². The zero-order valence-corrected chi connectivity index (χ0v) is 20.5. The molecule has 0 aliphatic carbocycles. The van der Waals surface area contributed by atoms with Crippen molar-refractivity contribution in [3.63, 3.8) is 0 Å². The number of piperidine rings is 1. The fraction of sp³-hybridized carbons (Fsp3) is 0.348. The summed E-state index contributed by atoms with van der Waals surface area (Å²) in [6.07, 6.45) is 1.51. The van der Waals surface area contributed by atoms with Gasteiger partial charge in [-0.15, -0.1) is 0 Å². The average Bonchev–Trinajstić information content (AvgIpc) is 2.83. The van der Waals surface area contributed by atoms with E-state index in [9.17, 15) is 22.8 Å². The van der Waals surface area contributed by atoms with Gasteiger partial charge in [-0.05, 0) is 55.2 Å². The number of hydrogen-bond donors (Lipinski definition) is 1. The number of benzene rings is 2. The highest BCUT2D eigenvalue weighted by Crippen LogP contribution is 2.28. The molecule has 1 amide bonds. The molecule has 34 heavy (non-hydrogen) atoms. The Labute approximate surface area is 203 Å². The van der Waals surface area contributed by atoms with Crippen LogP contribution in [0.1, 0.15) is 50.8 Å². The fourth-order valence-corrected chi connectivity index (χ4v) is 5.28. The van der Waals surface area contributed by atoms with Gasteiger partial charge in [-0.25, -0.2) is 18.0 Å². The summed E-state index contributed by atoms with van der Waals surface area (Å²) >= 11 is 6.21. The minimum atomic E-state index is -3.82. The number of carbonyl (C=O) groups is 3. The molecule has 2 aromatic rings.